The van der Waals surface area contributed by atoms with E-state index in [0.29, 0.717) is 24.1 Å². The molecule has 1 saturated carbocycles. The van der Waals surface area contributed by atoms with Crippen molar-refractivity contribution in [1.82, 2.24) is 5.32 Å². The number of rotatable bonds is 7. The van der Waals surface area contributed by atoms with Crippen molar-refractivity contribution in [2.75, 3.05) is 11.3 Å². The van der Waals surface area contributed by atoms with Crippen LogP contribution in [0.15, 0.2) is 24.3 Å². The Morgan fingerprint density at radius 2 is 1.91 bits per heavy atom. The highest BCUT2D eigenvalue weighted by molar-refractivity contribution is 7.93. The molecule has 23 heavy (non-hydrogen) atoms. The quantitative estimate of drug-likeness (QED) is 0.659. The second-order valence-corrected chi connectivity index (χ2v) is 7.50. The van der Waals surface area contributed by atoms with Crippen molar-refractivity contribution in [3.8, 4) is 0 Å². The lowest BCUT2D eigenvalue weighted by Gasteiger charge is -2.14. The van der Waals surface area contributed by atoms with Gasteiger partial charge in [-0.05, 0) is 25.0 Å². The number of amides is 1. The summed E-state index contributed by atoms with van der Waals surface area (Å²) >= 11 is 0. The van der Waals surface area contributed by atoms with Crippen molar-refractivity contribution in [3.05, 3.63) is 29.8 Å². The molecule has 2 rings (SSSR count). The van der Waals surface area contributed by atoms with Crippen molar-refractivity contribution in [2.45, 2.75) is 37.4 Å². The summed E-state index contributed by atoms with van der Waals surface area (Å²) in [6.07, 6.45) is 1.99. The van der Waals surface area contributed by atoms with E-state index < -0.39 is 16.1 Å². The average molecular weight is 340 g/mol. The molecule has 7 nitrogen and oxygen atoms in total. The molecule has 1 fully saturated rings. The van der Waals surface area contributed by atoms with Gasteiger partial charge in [0, 0.05) is 24.2 Å². The van der Waals surface area contributed by atoms with Crippen LogP contribution in [0.5, 0.6) is 0 Å². The lowest BCUT2D eigenvalue weighted by atomic mass is 10.1. The minimum atomic E-state index is -3.44. The Hall–Kier alpha value is -2.09. The predicted molar refractivity (Wildman–Crippen MR) is 86.2 cm³/mol. The zero-order chi connectivity index (χ0) is 16.9. The molecule has 0 saturated heterocycles. The first-order valence-corrected chi connectivity index (χ1v) is 9.05. The van der Waals surface area contributed by atoms with Crippen molar-refractivity contribution in [1.29, 1.82) is 0 Å². The van der Waals surface area contributed by atoms with Crippen molar-refractivity contribution in [2.24, 2.45) is 0 Å². The van der Waals surface area contributed by atoms with Crippen LogP contribution in [0.2, 0.25) is 0 Å². The summed E-state index contributed by atoms with van der Waals surface area (Å²) in [5.74, 6) is -0.249. The molecule has 0 bridgehead atoms. The number of sulfonamides is 1. The normalized spacial score (nSPS) is 15.3. The van der Waals surface area contributed by atoms with Crippen LogP contribution in [0.4, 0.5) is 10.5 Å². The second kappa shape index (κ2) is 7.45. The number of Topliss-reactive ketones (excluding diaryl/α,β-unsaturated/α-hetero) is 1. The van der Waals surface area contributed by atoms with Crippen LogP contribution in [0.3, 0.4) is 0 Å². The van der Waals surface area contributed by atoms with E-state index in [1.165, 1.54) is 6.07 Å². The van der Waals surface area contributed by atoms with Crippen LogP contribution in [-0.4, -0.2) is 37.2 Å². The summed E-state index contributed by atoms with van der Waals surface area (Å²) in [7, 11) is -3.44. The zero-order valence-corrected chi connectivity index (χ0v) is 13.4. The van der Waals surface area contributed by atoms with Crippen LogP contribution >= 0.6 is 0 Å². The van der Waals surface area contributed by atoms with Gasteiger partial charge in [0.25, 0.3) is 0 Å². The highest BCUT2D eigenvalue weighted by Crippen LogP contribution is 2.26. The van der Waals surface area contributed by atoms with E-state index in [0.717, 1.165) is 12.8 Å². The number of hydrogen-bond donors (Lipinski definition) is 3. The first kappa shape index (κ1) is 17.3. The molecule has 0 unspecified atom stereocenters. The fourth-order valence-corrected chi connectivity index (χ4v) is 4.21. The van der Waals surface area contributed by atoms with Crippen LogP contribution in [0.1, 0.15) is 42.5 Å². The molecule has 0 atom stereocenters. The van der Waals surface area contributed by atoms with E-state index in [-0.39, 0.29) is 24.0 Å². The Morgan fingerprint density at radius 3 is 2.57 bits per heavy atom. The molecule has 0 radical (unpaired) electrons. The second-order valence-electron chi connectivity index (χ2n) is 5.54. The molecule has 1 amide bonds. The van der Waals surface area contributed by atoms with Crippen LogP contribution in [-0.2, 0) is 10.0 Å². The van der Waals surface area contributed by atoms with Gasteiger partial charge in [0.15, 0.2) is 5.78 Å². The Kier molecular flexibility index (Phi) is 5.59. The number of carbonyl (C=O) groups excluding carboxylic acids is 1. The molecule has 1 aromatic rings. The van der Waals surface area contributed by atoms with Gasteiger partial charge in [0.2, 0.25) is 10.0 Å². The molecule has 1 aromatic carbocycles. The Bertz CT molecular complexity index is 681. The third-order valence-electron chi connectivity index (χ3n) is 3.81. The fraction of sp³-hybridized carbons (Fsp3) is 0.467. The average Bonchev–Trinajstić information content (AvgIpc) is 3.01. The van der Waals surface area contributed by atoms with E-state index in [1.807, 2.05) is 0 Å². The van der Waals surface area contributed by atoms with Gasteiger partial charge in [-0.1, -0.05) is 25.0 Å². The third-order valence-corrected chi connectivity index (χ3v) is 5.68. The molecular formula is C15H20N2O5S. The van der Waals surface area contributed by atoms with Gasteiger partial charge >= 0.3 is 6.09 Å². The van der Waals surface area contributed by atoms with Crippen molar-refractivity contribution >= 4 is 27.6 Å². The molecule has 8 heteroatoms. The zero-order valence-electron chi connectivity index (χ0n) is 12.6. The molecule has 1 aliphatic rings. The maximum absolute atomic E-state index is 12.3. The fourth-order valence-electron chi connectivity index (χ4n) is 2.63. The minimum absolute atomic E-state index is 0.0190. The molecule has 0 spiro atoms. The van der Waals surface area contributed by atoms with Gasteiger partial charge in [0.1, 0.15) is 0 Å². The van der Waals surface area contributed by atoms with Gasteiger partial charge in [-0.3, -0.25) is 9.52 Å². The molecule has 1 aliphatic carbocycles. The lowest BCUT2D eigenvalue weighted by molar-refractivity contribution is 0.0983. The highest BCUT2D eigenvalue weighted by Gasteiger charge is 2.28. The van der Waals surface area contributed by atoms with Gasteiger partial charge in [-0.25, -0.2) is 13.2 Å². The molecule has 0 aromatic heterocycles. The van der Waals surface area contributed by atoms with Crippen molar-refractivity contribution < 1.29 is 23.1 Å². The number of hydrogen-bond acceptors (Lipinski definition) is 4. The molecule has 0 heterocycles. The summed E-state index contributed by atoms with van der Waals surface area (Å²) in [5.41, 5.74) is 0.706. The van der Waals surface area contributed by atoms with E-state index in [4.69, 9.17) is 5.11 Å². The number of anilines is 1. The summed E-state index contributed by atoms with van der Waals surface area (Å²) in [6, 6.07) is 6.26. The van der Waals surface area contributed by atoms with Crippen LogP contribution in [0, 0.1) is 0 Å². The predicted octanol–water partition coefficient (Wildman–Crippen LogP) is 2.21. The van der Waals surface area contributed by atoms with E-state index in [9.17, 15) is 18.0 Å². The monoisotopic (exact) mass is 340 g/mol. The van der Waals surface area contributed by atoms with E-state index in [2.05, 4.69) is 10.0 Å². The van der Waals surface area contributed by atoms with Crippen LogP contribution in [0.25, 0.3) is 0 Å². The molecule has 0 aliphatic heterocycles. The third kappa shape index (κ3) is 4.95. The molecule has 126 valence electrons. The Morgan fingerprint density at radius 1 is 1.22 bits per heavy atom. The first-order chi connectivity index (χ1) is 10.9. The highest BCUT2D eigenvalue weighted by atomic mass is 32.2. The number of benzene rings is 1. The Labute approximate surface area is 135 Å². The molecular weight excluding hydrogens is 320 g/mol. The maximum Gasteiger partial charge on any atom is 0.404 e. The van der Waals surface area contributed by atoms with E-state index in [1.54, 1.807) is 18.2 Å². The summed E-state index contributed by atoms with van der Waals surface area (Å²) in [5, 5.41) is 10.2. The SMILES string of the molecule is O=C(O)NCCC(=O)c1cccc(NS(=O)(=O)C2CCCC2)c1. The minimum Gasteiger partial charge on any atom is -0.465 e. The number of ketones is 1. The summed E-state index contributed by atoms with van der Waals surface area (Å²) in [4.78, 5) is 22.3. The topological polar surface area (TPSA) is 113 Å². The van der Waals surface area contributed by atoms with Crippen molar-refractivity contribution in [3.63, 3.8) is 0 Å². The number of nitrogens with one attached hydrogen (secondary N) is 2. The lowest BCUT2D eigenvalue weighted by Crippen LogP contribution is -2.25. The first-order valence-electron chi connectivity index (χ1n) is 7.50. The number of carbonyl (C=O) groups is 2. The largest absolute Gasteiger partial charge is 0.465 e. The van der Waals surface area contributed by atoms with Gasteiger partial charge in [-0.2, -0.15) is 0 Å². The maximum atomic E-state index is 12.3. The summed E-state index contributed by atoms with van der Waals surface area (Å²) < 4.78 is 27.1. The van der Waals surface area contributed by atoms with Gasteiger partial charge < -0.3 is 10.4 Å². The standard InChI is InChI=1S/C15H20N2O5S/c18-14(8-9-16-15(19)20)11-4-3-5-12(10-11)17-23(21,22)13-6-1-2-7-13/h3-5,10,13,16-17H,1-2,6-9H2,(H,19,20). The van der Waals surface area contributed by atoms with Gasteiger partial charge in [0.05, 0.1) is 5.25 Å². The van der Waals surface area contributed by atoms with E-state index >= 15 is 0 Å². The smallest absolute Gasteiger partial charge is 0.404 e. The Balaban J connectivity index is 2.01. The molecule has 3 N–H and O–H groups in total. The van der Waals surface area contributed by atoms with Gasteiger partial charge in [-0.15, -0.1) is 0 Å². The number of carboxylic acid groups (broad SMARTS) is 1. The summed E-state index contributed by atoms with van der Waals surface area (Å²) in [6.45, 7) is 0.0200. The van der Waals surface area contributed by atoms with Crippen LogP contribution < -0.4 is 10.0 Å².